The van der Waals surface area contributed by atoms with Crippen LogP contribution in [0.3, 0.4) is 0 Å². The summed E-state index contributed by atoms with van der Waals surface area (Å²) in [5, 5.41) is 21.9. The zero-order valence-corrected chi connectivity index (χ0v) is 11.7. The Hall–Kier alpha value is -2.65. The first-order valence-corrected chi connectivity index (χ1v) is 6.18. The lowest BCUT2D eigenvalue weighted by Crippen LogP contribution is -2.46. The molecule has 1 rings (SSSR count). The molecule has 0 aromatic heterocycles. The van der Waals surface area contributed by atoms with Crippen molar-refractivity contribution in [1.82, 2.24) is 10.6 Å². The van der Waals surface area contributed by atoms with Crippen LogP contribution in [-0.4, -0.2) is 52.6 Å². The number of carboxylic acid groups (broad SMARTS) is 1. The smallest absolute Gasteiger partial charge is 0.322 e. The first-order valence-electron chi connectivity index (χ1n) is 6.18. The molecular weight excluding hydrogens is 294 g/mol. The van der Waals surface area contributed by atoms with Crippen LogP contribution in [-0.2, 0) is 20.8 Å². The molecule has 0 heterocycles. The standard InChI is InChI=1S/C13H17N3O5.H2O/c14-10(5-8-1-3-9(17)4-2-8)13(21)16-6-11(18)15-7-12(19)20;/h1-4,10,17H,5-7,14H2,(H,15,18)(H,16,21)(H,19,20);1H2/t10-;/m0./s1. The lowest BCUT2D eigenvalue weighted by atomic mass is 10.1. The minimum Gasteiger partial charge on any atom is -0.508 e. The Morgan fingerprint density at radius 2 is 1.68 bits per heavy atom. The van der Waals surface area contributed by atoms with Crippen LogP contribution in [0.25, 0.3) is 0 Å². The molecule has 1 aromatic carbocycles. The molecule has 0 radical (unpaired) electrons. The van der Waals surface area contributed by atoms with Crippen molar-refractivity contribution >= 4 is 17.8 Å². The van der Waals surface area contributed by atoms with Crippen molar-refractivity contribution in [2.45, 2.75) is 12.5 Å². The number of aromatic hydroxyl groups is 1. The SMILES string of the molecule is N[C@@H](Cc1ccc(O)cc1)C(=O)NCC(=O)NCC(=O)O.O. The summed E-state index contributed by atoms with van der Waals surface area (Å²) in [6.45, 7) is -0.844. The van der Waals surface area contributed by atoms with Gasteiger partial charge in [-0.2, -0.15) is 0 Å². The molecule has 0 unspecified atom stereocenters. The van der Waals surface area contributed by atoms with E-state index in [1.807, 2.05) is 0 Å². The van der Waals surface area contributed by atoms with Gasteiger partial charge in [-0.05, 0) is 24.1 Å². The molecule has 8 N–H and O–H groups in total. The zero-order chi connectivity index (χ0) is 15.8. The number of nitrogens with one attached hydrogen (secondary N) is 2. The quantitative estimate of drug-likeness (QED) is 0.380. The Kier molecular flexibility index (Phi) is 8.19. The van der Waals surface area contributed by atoms with Gasteiger partial charge in [0.05, 0.1) is 12.6 Å². The summed E-state index contributed by atoms with van der Waals surface area (Å²) in [6.07, 6.45) is 0.253. The average molecular weight is 313 g/mol. The molecule has 0 spiro atoms. The summed E-state index contributed by atoms with van der Waals surface area (Å²) in [5.74, 6) is -2.18. The van der Waals surface area contributed by atoms with Gasteiger partial charge in [0.25, 0.3) is 0 Å². The predicted molar refractivity (Wildman–Crippen MR) is 77.1 cm³/mol. The van der Waals surface area contributed by atoms with Gasteiger partial charge in [0.2, 0.25) is 11.8 Å². The molecule has 9 heteroatoms. The van der Waals surface area contributed by atoms with Gasteiger partial charge in [-0.3, -0.25) is 14.4 Å². The highest BCUT2D eigenvalue weighted by Gasteiger charge is 2.15. The third-order valence-corrected chi connectivity index (χ3v) is 2.59. The van der Waals surface area contributed by atoms with Crippen molar-refractivity contribution < 1.29 is 30.1 Å². The van der Waals surface area contributed by atoms with E-state index >= 15 is 0 Å². The van der Waals surface area contributed by atoms with Gasteiger partial charge in [-0.15, -0.1) is 0 Å². The molecule has 2 amide bonds. The van der Waals surface area contributed by atoms with E-state index in [0.717, 1.165) is 5.56 Å². The van der Waals surface area contributed by atoms with E-state index < -0.39 is 30.4 Å². The first kappa shape index (κ1) is 19.4. The predicted octanol–water partition coefficient (Wildman–Crippen LogP) is -2.25. The highest BCUT2D eigenvalue weighted by atomic mass is 16.4. The maximum atomic E-state index is 11.7. The van der Waals surface area contributed by atoms with Crippen molar-refractivity contribution in [3.8, 4) is 5.75 Å². The molecule has 0 saturated carbocycles. The second kappa shape index (κ2) is 9.32. The van der Waals surface area contributed by atoms with Gasteiger partial charge >= 0.3 is 5.97 Å². The number of hydrogen-bond acceptors (Lipinski definition) is 5. The number of carbonyl (C=O) groups is 3. The van der Waals surface area contributed by atoms with E-state index in [0.29, 0.717) is 0 Å². The Labute approximate surface area is 126 Å². The fourth-order valence-electron chi connectivity index (χ4n) is 1.51. The van der Waals surface area contributed by atoms with Crippen molar-refractivity contribution in [3.63, 3.8) is 0 Å². The molecule has 0 aliphatic heterocycles. The van der Waals surface area contributed by atoms with Crippen LogP contribution in [0, 0.1) is 0 Å². The average Bonchev–Trinajstić information content (AvgIpc) is 2.44. The maximum absolute atomic E-state index is 11.7. The summed E-state index contributed by atoms with van der Waals surface area (Å²) in [4.78, 5) is 33.1. The monoisotopic (exact) mass is 313 g/mol. The lowest BCUT2D eigenvalue weighted by molar-refractivity contribution is -0.137. The van der Waals surface area contributed by atoms with Crippen LogP contribution in [0.5, 0.6) is 5.75 Å². The number of carbonyl (C=O) groups excluding carboxylic acids is 2. The number of nitrogens with two attached hydrogens (primary N) is 1. The summed E-state index contributed by atoms with van der Waals surface area (Å²) in [5.41, 5.74) is 6.46. The van der Waals surface area contributed by atoms with Gasteiger partial charge < -0.3 is 32.1 Å². The van der Waals surface area contributed by atoms with Crippen molar-refractivity contribution in [2.75, 3.05) is 13.1 Å². The second-order valence-electron chi connectivity index (χ2n) is 4.37. The summed E-state index contributed by atoms with van der Waals surface area (Å²) < 4.78 is 0. The minimum absolute atomic E-state index is 0. The largest absolute Gasteiger partial charge is 0.508 e. The normalized spacial score (nSPS) is 11.0. The molecule has 9 nitrogen and oxygen atoms in total. The Bertz CT molecular complexity index is 517. The molecule has 0 bridgehead atoms. The summed E-state index contributed by atoms with van der Waals surface area (Å²) in [7, 11) is 0. The molecule has 122 valence electrons. The van der Waals surface area contributed by atoms with Gasteiger partial charge in [-0.25, -0.2) is 0 Å². The van der Waals surface area contributed by atoms with E-state index in [4.69, 9.17) is 15.9 Å². The second-order valence-corrected chi connectivity index (χ2v) is 4.37. The summed E-state index contributed by atoms with van der Waals surface area (Å²) in [6, 6.07) is 5.41. The van der Waals surface area contributed by atoms with Crippen LogP contribution < -0.4 is 16.4 Å². The molecule has 1 aromatic rings. The summed E-state index contributed by atoms with van der Waals surface area (Å²) >= 11 is 0. The van der Waals surface area contributed by atoms with E-state index in [2.05, 4.69) is 10.6 Å². The van der Waals surface area contributed by atoms with E-state index in [9.17, 15) is 14.4 Å². The van der Waals surface area contributed by atoms with Crippen molar-refractivity contribution in [3.05, 3.63) is 29.8 Å². The highest BCUT2D eigenvalue weighted by Crippen LogP contribution is 2.10. The number of carboxylic acids is 1. The Balaban J connectivity index is 0.00000441. The van der Waals surface area contributed by atoms with Gasteiger partial charge in [-0.1, -0.05) is 12.1 Å². The van der Waals surface area contributed by atoms with E-state index in [-0.39, 0.29) is 24.2 Å². The van der Waals surface area contributed by atoms with Crippen LogP contribution in [0.1, 0.15) is 5.56 Å². The topological polar surface area (TPSA) is 173 Å². The minimum atomic E-state index is -1.17. The number of amides is 2. The van der Waals surface area contributed by atoms with Crippen molar-refractivity contribution in [1.29, 1.82) is 0 Å². The third kappa shape index (κ3) is 7.22. The fraction of sp³-hybridized carbons (Fsp3) is 0.308. The van der Waals surface area contributed by atoms with E-state index in [1.54, 1.807) is 12.1 Å². The van der Waals surface area contributed by atoms with Crippen molar-refractivity contribution in [2.24, 2.45) is 5.73 Å². The number of phenolic OH excluding ortho intramolecular Hbond substituents is 1. The number of aliphatic carboxylic acids is 1. The zero-order valence-electron chi connectivity index (χ0n) is 11.7. The number of rotatable bonds is 7. The number of hydrogen-bond donors (Lipinski definition) is 5. The van der Waals surface area contributed by atoms with E-state index in [1.165, 1.54) is 12.1 Å². The highest BCUT2D eigenvalue weighted by molar-refractivity contribution is 5.88. The lowest BCUT2D eigenvalue weighted by Gasteiger charge is -2.12. The van der Waals surface area contributed by atoms with Crippen LogP contribution in [0.2, 0.25) is 0 Å². The van der Waals surface area contributed by atoms with Gasteiger partial charge in [0, 0.05) is 0 Å². The molecule has 0 aliphatic rings. The number of benzene rings is 1. The first-order chi connectivity index (χ1) is 9.88. The molecule has 0 fully saturated rings. The molecule has 0 aliphatic carbocycles. The maximum Gasteiger partial charge on any atom is 0.322 e. The Morgan fingerprint density at radius 1 is 1.09 bits per heavy atom. The van der Waals surface area contributed by atoms with Gasteiger partial charge in [0.15, 0.2) is 0 Å². The Morgan fingerprint density at radius 3 is 2.23 bits per heavy atom. The van der Waals surface area contributed by atoms with Crippen LogP contribution in [0.15, 0.2) is 24.3 Å². The number of phenols is 1. The third-order valence-electron chi connectivity index (χ3n) is 2.59. The van der Waals surface area contributed by atoms with Gasteiger partial charge in [0.1, 0.15) is 12.3 Å². The molecule has 22 heavy (non-hydrogen) atoms. The molecule has 0 saturated heterocycles. The van der Waals surface area contributed by atoms with Crippen LogP contribution >= 0.6 is 0 Å². The molecule has 1 atom stereocenters. The molecular formula is C13H19N3O6. The van der Waals surface area contributed by atoms with Crippen LogP contribution in [0.4, 0.5) is 0 Å². The fourth-order valence-corrected chi connectivity index (χ4v) is 1.51.